The van der Waals surface area contributed by atoms with Crippen LogP contribution in [0, 0.1) is 5.92 Å². The van der Waals surface area contributed by atoms with Gasteiger partial charge in [-0.2, -0.15) is 0 Å². The van der Waals surface area contributed by atoms with E-state index in [0.717, 1.165) is 13.1 Å². The zero-order valence-corrected chi connectivity index (χ0v) is 11.6. The number of nitrogens with zero attached hydrogens (tertiary/aromatic N) is 1. The molecular formula is C13H20N2O2S. The molecule has 5 heteroatoms. The summed E-state index contributed by atoms with van der Waals surface area (Å²) in [6.45, 7) is 6.50. The smallest absolute Gasteiger partial charge is 0.322 e. The molecule has 4 nitrogen and oxygen atoms in total. The van der Waals surface area contributed by atoms with Crippen LogP contribution in [0.25, 0.3) is 0 Å². The Labute approximate surface area is 112 Å². The Bertz CT molecular complexity index is 392. The highest BCUT2D eigenvalue weighted by molar-refractivity contribution is 7.10. The molecule has 0 aliphatic carbocycles. The number of thiophene rings is 1. The summed E-state index contributed by atoms with van der Waals surface area (Å²) in [7, 11) is 0. The summed E-state index contributed by atoms with van der Waals surface area (Å²) in [6.07, 6.45) is 0. The van der Waals surface area contributed by atoms with Gasteiger partial charge in [-0.3, -0.25) is 9.69 Å². The maximum absolute atomic E-state index is 11.4. The molecule has 1 aliphatic rings. The Morgan fingerprint density at radius 1 is 1.61 bits per heavy atom. The monoisotopic (exact) mass is 268 g/mol. The van der Waals surface area contributed by atoms with Gasteiger partial charge in [-0.25, -0.2) is 0 Å². The largest absolute Gasteiger partial charge is 0.480 e. The summed E-state index contributed by atoms with van der Waals surface area (Å²) in [4.78, 5) is 14.8. The second kappa shape index (κ2) is 5.82. The lowest BCUT2D eigenvalue weighted by atomic mass is 9.97. The van der Waals surface area contributed by atoms with E-state index in [1.165, 1.54) is 4.88 Å². The lowest BCUT2D eigenvalue weighted by molar-refractivity contribution is -0.145. The third-order valence-corrected chi connectivity index (χ3v) is 4.34. The van der Waals surface area contributed by atoms with Crippen LogP contribution in [0.3, 0.4) is 0 Å². The van der Waals surface area contributed by atoms with Crippen LogP contribution in [0.1, 0.15) is 24.8 Å². The fraction of sp³-hybridized carbons (Fsp3) is 0.615. The first-order chi connectivity index (χ1) is 8.61. The molecule has 0 aromatic carbocycles. The van der Waals surface area contributed by atoms with E-state index in [9.17, 15) is 9.90 Å². The summed E-state index contributed by atoms with van der Waals surface area (Å²) in [5.41, 5.74) is 0. The van der Waals surface area contributed by atoms with Gasteiger partial charge in [-0.1, -0.05) is 19.9 Å². The SMILES string of the molecule is CC(C)C(c1cccs1)N1CCNCC1C(=O)O. The number of carbonyl (C=O) groups is 1. The summed E-state index contributed by atoms with van der Waals surface area (Å²) < 4.78 is 0. The van der Waals surface area contributed by atoms with Gasteiger partial charge < -0.3 is 10.4 Å². The van der Waals surface area contributed by atoms with Gasteiger partial charge in [0.2, 0.25) is 0 Å². The first kappa shape index (κ1) is 13.5. The third-order valence-electron chi connectivity index (χ3n) is 3.39. The van der Waals surface area contributed by atoms with Crippen LogP contribution in [0.4, 0.5) is 0 Å². The Balaban J connectivity index is 2.26. The van der Waals surface area contributed by atoms with Crippen molar-refractivity contribution >= 4 is 17.3 Å². The number of aliphatic carboxylic acids is 1. The average Bonchev–Trinajstić information content (AvgIpc) is 2.83. The van der Waals surface area contributed by atoms with E-state index in [2.05, 4.69) is 35.5 Å². The first-order valence-electron chi connectivity index (χ1n) is 6.34. The highest BCUT2D eigenvalue weighted by Gasteiger charge is 2.35. The maximum atomic E-state index is 11.4. The fourth-order valence-corrected chi connectivity index (χ4v) is 3.64. The van der Waals surface area contributed by atoms with E-state index < -0.39 is 12.0 Å². The van der Waals surface area contributed by atoms with E-state index in [1.54, 1.807) is 11.3 Å². The Kier molecular flexibility index (Phi) is 4.37. The van der Waals surface area contributed by atoms with Crippen molar-refractivity contribution < 1.29 is 9.90 Å². The molecule has 0 bridgehead atoms. The van der Waals surface area contributed by atoms with Crippen LogP contribution in [0.2, 0.25) is 0 Å². The Morgan fingerprint density at radius 3 is 2.94 bits per heavy atom. The van der Waals surface area contributed by atoms with Gasteiger partial charge in [-0.15, -0.1) is 11.3 Å². The lowest BCUT2D eigenvalue weighted by Gasteiger charge is -2.40. The van der Waals surface area contributed by atoms with Crippen molar-refractivity contribution in [3.05, 3.63) is 22.4 Å². The van der Waals surface area contributed by atoms with Crippen LogP contribution >= 0.6 is 11.3 Å². The average molecular weight is 268 g/mol. The molecule has 1 aromatic heterocycles. The molecule has 0 amide bonds. The number of carboxylic acid groups (broad SMARTS) is 1. The van der Waals surface area contributed by atoms with Gasteiger partial charge in [0.1, 0.15) is 6.04 Å². The van der Waals surface area contributed by atoms with Crippen LogP contribution in [0.5, 0.6) is 0 Å². The Morgan fingerprint density at radius 2 is 2.39 bits per heavy atom. The highest BCUT2D eigenvalue weighted by atomic mass is 32.1. The van der Waals surface area contributed by atoms with Crippen molar-refractivity contribution in [2.75, 3.05) is 19.6 Å². The number of carboxylic acids is 1. The fourth-order valence-electron chi connectivity index (χ4n) is 2.62. The standard InChI is InChI=1S/C13H20N2O2S/c1-9(2)12(11-4-3-7-18-11)15-6-5-14-8-10(15)13(16)17/h3-4,7,9-10,12,14H,5-6,8H2,1-2H3,(H,16,17). The Hall–Kier alpha value is -0.910. The van der Waals surface area contributed by atoms with E-state index in [0.29, 0.717) is 12.5 Å². The normalized spacial score (nSPS) is 23.2. The van der Waals surface area contributed by atoms with Gasteiger partial charge >= 0.3 is 5.97 Å². The molecule has 1 saturated heterocycles. The summed E-state index contributed by atoms with van der Waals surface area (Å²) in [6, 6.07) is 3.92. The molecule has 0 radical (unpaired) electrons. The molecule has 2 heterocycles. The molecular weight excluding hydrogens is 248 g/mol. The number of piperazine rings is 1. The molecule has 2 atom stereocenters. The summed E-state index contributed by atoms with van der Waals surface area (Å²) in [5.74, 6) is -0.326. The van der Waals surface area contributed by atoms with Gasteiger partial charge in [0, 0.05) is 30.6 Å². The quantitative estimate of drug-likeness (QED) is 0.874. The maximum Gasteiger partial charge on any atom is 0.322 e. The lowest BCUT2D eigenvalue weighted by Crippen LogP contribution is -2.56. The van der Waals surface area contributed by atoms with E-state index in [4.69, 9.17) is 0 Å². The van der Waals surface area contributed by atoms with Crippen molar-refractivity contribution in [2.45, 2.75) is 25.9 Å². The topological polar surface area (TPSA) is 52.6 Å². The molecule has 1 fully saturated rings. The van der Waals surface area contributed by atoms with Gasteiger partial charge in [-0.05, 0) is 17.4 Å². The van der Waals surface area contributed by atoms with Crippen molar-refractivity contribution in [1.29, 1.82) is 0 Å². The molecule has 18 heavy (non-hydrogen) atoms. The minimum Gasteiger partial charge on any atom is -0.480 e. The van der Waals surface area contributed by atoms with Crippen molar-refractivity contribution in [3.63, 3.8) is 0 Å². The molecule has 1 aliphatic heterocycles. The molecule has 100 valence electrons. The zero-order valence-electron chi connectivity index (χ0n) is 10.8. The molecule has 2 rings (SSSR count). The molecule has 2 N–H and O–H groups in total. The number of hydrogen-bond donors (Lipinski definition) is 2. The minimum absolute atomic E-state index is 0.202. The van der Waals surface area contributed by atoms with Gasteiger partial charge in [0.25, 0.3) is 0 Å². The molecule has 2 unspecified atom stereocenters. The van der Waals surface area contributed by atoms with Gasteiger partial charge in [0.15, 0.2) is 0 Å². The van der Waals surface area contributed by atoms with Gasteiger partial charge in [0.05, 0.1) is 0 Å². The van der Waals surface area contributed by atoms with E-state index in [-0.39, 0.29) is 6.04 Å². The van der Waals surface area contributed by atoms with Crippen molar-refractivity contribution in [3.8, 4) is 0 Å². The van der Waals surface area contributed by atoms with E-state index >= 15 is 0 Å². The minimum atomic E-state index is -0.732. The van der Waals surface area contributed by atoms with Crippen LogP contribution in [-0.2, 0) is 4.79 Å². The number of hydrogen-bond acceptors (Lipinski definition) is 4. The first-order valence-corrected chi connectivity index (χ1v) is 7.22. The molecule has 0 spiro atoms. The highest BCUT2D eigenvalue weighted by Crippen LogP contribution is 2.33. The van der Waals surface area contributed by atoms with Crippen LogP contribution in [-0.4, -0.2) is 41.7 Å². The van der Waals surface area contributed by atoms with E-state index in [1.807, 2.05) is 6.07 Å². The number of nitrogens with one attached hydrogen (secondary N) is 1. The third kappa shape index (κ3) is 2.74. The zero-order chi connectivity index (χ0) is 13.1. The van der Waals surface area contributed by atoms with Crippen molar-refractivity contribution in [2.24, 2.45) is 5.92 Å². The second-order valence-corrected chi connectivity index (χ2v) is 5.98. The molecule has 1 aromatic rings. The van der Waals surface area contributed by atoms with Crippen molar-refractivity contribution in [1.82, 2.24) is 10.2 Å². The molecule has 0 saturated carbocycles. The predicted molar refractivity (Wildman–Crippen MR) is 72.9 cm³/mol. The second-order valence-electron chi connectivity index (χ2n) is 5.00. The number of rotatable bonds is 4. The predicted octanol–water partition coefficient (Wildman–Crippen LogP) is 1.80. The summed E-state index contributed by atoms with van der Waals surface area (Å²) in [5, 5.41) is 14.6. The summed E-state index contributed by atoms with van der Waals surface area (Å²) >= 11 is 1.71. The van der Waals surface area contributed by atoms with Crippen LogP contribution in [0.15, 0.2) is 17.5 Å². The van der Waals surface area contributed by atoms with Crippen LogP contribution < -0.4 is 5.32 Å².